The van der Waals surface area contributed by atoms with E-state index >= 15 is 0 Å². The highest BCUT2D eigenvalue weighted by Gasteiger charge is 2.49. The number of likely N-dealkylation sites (tertiary alicyclic amines) is 1. The number of rotatable bonds is 3. The molecule has 1 N–H and O–H groups in total. The lowest BCUT2D eigenvalue weighted by Gasteiger charge is -2.26. The lowest BCUT2D eigenvalue weighted by molar-refractivity contribution is -0.146. The van der Waals surface area contributed by atoms with Crippen LogP contribution in [0.1, 0.15) is 27.2 Å². The number of amides is 1. The quantitative estimate of drug-likeness (QED) is 0.825. The van der Waals surface area contributed by atoms with Gasteiger partial charge in [-0.2, -0.15) is 0 Å². The first kappa shape index (κ1) is 16.7. The van der Waals surface area contributed by atoms with Gasteiger partial charge in [0, 0.05) is 19.3 Å². The van der Waals surface area contributed by atoms with Gasteiger partial charge in [0.25, 0.3) is 0 Å². The molecule has 0 aliphatic carbocycles. The van der Waals surface area contributed by atoms with Gasteiger partial charge in [-0.1, -0.05) is 0 Å². The van der Waals surface area contributed by atoms with Crippen molar-refractivity contribution in [3.63, 3.8) is 0 Å². The predicted molar refractivity (Wildman–Crippen MR) is 72.2 cm³/mol. The Morgan fingerprint density at radius 3 is 2.30 bits per heavy atom. The Kier molecular flexibility index (Phi) is 4.38. The minimum atomic E-state index is -3.45. The van der Waals surface area contributed by atoms with E-state index in [2.05, 4.69) is 0 Å². The molecule has 8 heteroatoms. The molecule has 0 aromatic carbocycles. The Balaban J connectivity index is 2.86. The molecule has 7 nitrogen and oxygen atoms in total. The number of carboxylic acid groups (broad SMARTS) is 1. The molecule has 1 aliphatic rings. The number of hydrogen-bond donors (Lipinski definition) is 1. The molecule has 1 aliphatic heterocycles. The Hall–Kier alpha value is -1.31. The molecule has 0 aromatic heterocycles. The summed E-state index contributed by atoms with van der Waals surface area (Å²) in [4.78, 5) is 24.6. The average Bonchev–Trinajstić information content (AvgIpc) is 2.57. The highest BCUT2D eigenvalue weighted by molar-refractivity contribution is 7.90. The number of hydrogen-bond acceptors (Lipinski definition) is 5. The maximum atomic E-state index is 11.9. The summed E-state index contributed by atoms with van der Waals surface area (Å²) in [5, 5.41) is 9.32. The first-order valence-corrected chi connectivity index (χ1v) is 8.30. The van der Waals surface area contributed by atoms with Crippen LogP contribution in [-0.4, -0.2) is 61.2 Å². The van der Waals surface area contributed by atoms with Crippen molar-refractivity contribution in [3.05, 3.63) is 0 Å². The summed E-state index contributed by atoms with van der Waals surface area (Å²) in [5.41, 5.74) is -2.12. The average molecular weight is 307 g/mol. The Morgan fingerprint density at radius 1 is 1.35 bits per heavy atom. The molecular formula is C12H21NO6S. The predicted octanol–water partition coefficient (Wildman–Crippen LogP) is 0.743. The highest BCUT2D eigenvalue weighted by atomic mass is 32.2. The van der Waals surface area contributed by atoms with Crippen LogP contribution < -0.4 is 0 Å². The Bertz CT molecular complexity index is 507. The number of nitrogens with zero attached hydrogens (tertiary/aromatic N) is 1. The van der Waals surface area contributed by atoms with E-state index in [4.69, 9.17) is 4.74 Å². The SMILES string of the molecule is CC(C)(C)OC(=O)N1CCC(CS(C)(=O)=O)(C(=O)O)C1. The zero-order valence-corrected chi connectivity index (χ0v) is 13.0. The fourth-order valence-corrected chi connectivity index (χ4v) is 3.57. The van der Waals surface area contributed by atoms with Crippen molar-refractivity contribution in [1.82, 2.24) is 4.90 Å². The van der Waals surface area contributed by atoms with Crippen molar-refractivity contribution in [2.24, 2.45) is 5.41 Å². The third-order valence-corrected chi connectivity index (χ3v) is 4.07. The molecule has 0 radical (unpaired) electrons. The molecule has 116 valence electrons. The number of carbonyl (C=O) groups is 2. The van der Waals surface area contributed by atoms with Crippen LogP contribution in [0.4, 0.5) is 4.79 Å². The molecule has 1 amide bonds. The molecule has 1 heterocycles. The molecule has 1 rings (SSSR count). The van der Waals surface area contributed by atoms with Crippen LogP contribution in [0.25, 0.3) is 0 Å². The summed E-state index contributed by atoms with van der Waals surface area (Å²) in [6.07, 6.45) is 0.483. The van der Waals surface area contributed by atoms with Crippen LogP contribution in [0.2, 0.25) is 0 Å². The van der Waals surface area contributed by atoms with Gasteiger partial charge in [-0.05, 0) is 27.2 Å². The molecule has 0 bridgehead atoms. The van der Waals surface area contributed by atoms with Crippen molar-refractivity contribution in [3.8, 4) is 0 Å². The topological polar surface area (TPSA) is 101 Å². The van der Waals surface area contributed by atoms with Crippen LogP contribution in [-0.2, 0) is 19.4 Å². The van der Waals surface area contributed by atoms with Gasteiger partial charge >= 0.3 is 12.1 Å². The largest absolute Gasteiger partial charge is 0.481 e. The zero-order valence-electron chi connectivity index (χ0n) is 12.2. The van der Waals surface area contributed by atoms with Gasteiger partial charge in [-0.25, -0.2) is 13.2 Å². The fourth-order valence-electron chi connectivity index (χ4n) is 2.21. The number of aliphatic carboxylic acids is 1. The molecule has 0 aromatic rings. The molecule has 0 saturated carbocycles. The summed E-state index contributed by atoms with van der Waals surface area (Å²) < 4.78 is 28.0. The molecule has 20 heavy (non-hydrogen) atoms. The number of ether oxygens (including phenoxy) is 1. The number of sulfone groups is 1. The van der Waals surface area contributed by atoms with Crippen LogP contribution in [0.15, 0.2) is 0 Å². The highest BCUT2D eigenvalue weighted by Crippen LogP contribution is 2.33. The smallest absolute Gasteiger partial charge is 0.410 e. The van der Waals surface area contributed by atoms with Crippen molar-refractivity contribution in [2.75, 3.05) is 25.1 Å². The summed E-state index contributed by atoms with van der Waals surface area (Å²) >= 11 is 0. The number of carbonyl (C=O) groups excluding carboxylic acids is 1. The summed E-state index contributed by atoms with van der Waals surface area (Å²) in [6.45, 7) is 5.16. The lowest BCUT2D eigenvalue weighted by Crippen LogP contribution is -2.42. The minimum Gasteiger partial charge on any atom is -0.481 e. The third kappa shape index (κ3) is 4.36. The minimum absolute atomic E-state index is 0.106. The lowest BCUT2D eigenvalue weighted by atomic mass is 9.90. The maximum Gasteiger partial charge on any atom is 0.410 e. The normalized spacial score (nSPS) is 23.7. The van der Waals surface area contributed by atoms with Gasteiger partial charge in [-0.15, -0.1) is 0 Å². The first-order chi connectivity index (χ1) is 8.85. The Labute approximate surface area is 118 Å². The standard InChI is InChI=1S/C12H21NO6S/c1-11(2,3)19-10(16)13-6-5-12(7-13,9(14)15)8-20(4,17)18/h5-8H2,1-4H3,(H,14,15). The van der Waals surface area contributed by atoms with E-state index in [1.165, 1.54) is 4.90 Å². The van der Waals surface area contributed by atoms with Gasteiger partial charge in [-0.3, -0.25) is 4.79 Å². The molecule has 0 spiro atoms. The van der Waals surface area contributed by atoms with E-state index in [1.54, 1.807) is 20.8 Å². The summed E-state index contributed by atoms with van der Waals surface area (Å²) in [5.74, 6) is -1.68. The fraction of sp³-hybridized carbons (Fsp3) is 0.833. The maximum absolute atomic E-state index is 11.9. The van der Waals surface area contributed by atoms with Crippen molar-refractivity contribution in [1.29, 1.82) is 0 Å². The second-order valence-corrected chi connectivity index (χ2v) is 8.45. The van der Waals surface area contributed by atoms with E-state index in [0.717, 1.165) is 6.26 Å². The van der Waals surface area contributed by atoms with Gasteiger partial charge in [0.15, 0.2) is 0 Å². The van der Waals surface area contributed by atoms with E-state index in [9.17, 15) is 23.1 Å². The van der Waals surface area contributed by atoms with E-state index in [0.29, 0.717) is 0 Å². The van der Waals surface area contributed by atoms with Gasteiger partial charge < -0.3 is 14.7 Å². The van der Waals surface area contributed by atoms with Gasteiger partial charge in [0.1, 0.15) is 20.9 Å². The van der Waals surface area contributed by atoms with Crippen LogP contribution in [0.3, 0.4) is 0 Å². The van der Waals surface area contributed by atoms with E-state index in [1.807, 2.05) is 0 Å². The Morgan fingerprint density at radius 2 is 1.90 bits per heavy atom. The van der Waals surface area contributed by atoms with E-state index < -0.39 is 38.7 Å². The molecule has 1 fully saturated rings. The van der Waals surface area contributed by atoms with E-state index in [-0.39, 0.29) is 19.5 Å². The second-order valence-electron chi connectivity index (χ2n) is 6.31. The van der Waals surface area contributed by atoms with Gasteiger partial charge in [0.05, 0.1) is 5.75 Å². The summed E-state index contributed by atoms with van der Waals surface area (Å²) in [6, 6.07) is 0. The first-order valence-electron chi connectivity index (χ1n) is 6.24. The second kappa shape index (κ2) is 5.23. The van der Waals surface area contributed by atoms with Crippen LogP contribution in [0, 0.1) is 5.41 Å². The van der Waals surface area contributed by atoms with Gasteiger partial charge in [0.2, 0.25) is 0 Å². The molecule has 1 saturated heterocycles. The molecule has 1 unspecified atom stereocenters. The third-order valence-electron chi connectivity index (χ3n) is 3.00. The molecular weight excluding hydrogens is 286 g/mol. The van der Waals surface area contributed by atoms with Crippen molar-refractivity contribution < 1.29 is 27.9 Å². The number of carboxylic acids is 1. The van der Waals surface area contributed by atoms with Crippen molar-refractivity contribution >= 4 is 21.9 Å². The monoisotopic (exact) mass is 307 g/mol. The summed E-state index contributed by atoms with van der Waals surface area (Å²) in [7, 11) is -3.45. The zero-order chi connectivity index (χ0) is 15.8. The van der Waals surface area contributed by atoms with Crippen molar-refractivity contribution in [2.45, 2.75) is 32.8 Å². The van der Waals surface area contributed by atoms with Crippen LogP contribution in [0.5, 0.6) is 0 Å². The van der Waals surface area contributed by atoms with Crippen LogP contribution >= 0.6 is 0 Å². The molecule has 1 atom stereocenters.